The Morgan fingerprint density at radius 2 is 2.15 bits per heavy atom. The molecule has 0 spiro atoms. The van der Waals surface area contributed by atoms with Crippen molar-refractivity contribution < 1.29 is 9.66 Å². The molecule has 6 heteroatoms. The molecular formula is C14H19ClN2O3. The number of nitro groups is 1. The number of nitrogens with two attached hydrogens (primary N) is 1. The third-order valence-electron chi connectivity index (χ3n) is 3.86. The molecule has 1 fully saturated rings. The smallest absolute Gasteiger partial charge is 0.288 e. The van der Waals surface area contributed by atoms with Crippen molar-refractivity contribution >= 4 is 17.3 Å². The van der Waals surface area contributed by atoms with Crippen molar-refractivity contribution in [2.75, 3.05) is 6.54 Å². The fraction of sp³-hybridized carbons (Fsp3) is 0.571. The molecule has 1 saturated carbocycles. The average molecular weight is 299 g/mol. The van der Waals surface area contributed by atoms with Crippen LogP contribution in [0.2, 0.25) is 5.02 Å². The highest BCUT2D eigenvalue weighted by Crippen LogP contribution is 2.35. The molecule has 2 atom stereocenters. The van der Waals surface area contributed by atoms with Crippen molar-refractivity contribution in [2.24, 2.45) is 11.7 Å². The van der Waals surface area contributed by atoms with Gasteiger partial charge in [-0.2, -0.15) is 0 Å². The summed E-state index contributed by atoms with van der Waals surface area (Å²) in [5, 5.41) is 10.9. The van der Waals surface area contributed by atoms with E-state index in [1.807, 2.05) is 0 Å². The van der Waals surface area contributed by atoms with Crippen LogP contribution in [0.15, 0.2) is 12.1 Å². The number of aryl methyl sites for hydroxylation is 1. The van der Waals surface area contributed by atoms with Crippen molar-refractivity contribution in [3.05, 3.63) is 32.8 Å². The van der Waals surface area contributed by atoms with Gasteiger partial charge in [0.2, 0.25) is 0 Å². The zero-order valence-corrected chi connectivity index (χ0v) is 12.2. The predicted molar refractivity (Wildman–Crippen MR) is 78.3 cm³/mol. The predicted octanol–water partition coefficient (Wildman–Crippen LogP) is 3.45. The number of halogens is 1. The van der Waals surface area contributed by atoms with Gasteiger partial charge in [-0.3, -0.25) is 10.1 Å². The molecule has 2 rings (SSSR count). The summed E-state index contributed by atoms with van der Waals surface area (Å²) in [7, 11) is 0. The van der Waals surface area contributed by atoms with Crippen LogP contribution in [0, 0.1) is 23.0 Å². The lowest BCUT2D eigenvalue weighted by Gasteiger charge is -2.31. The van der Waals surface area contributed by atoms with Crippen molar-refractivity contribution in [2.45, 2.75) is 38.7 Å². The zero-order valence-electron chi connectivity index (χ0n) is 11.5. The second-order valence-corrected chi connectivity index (χ2v) is 5.67. The summed E-state index contributed by atoms with van der Waals surface area (Å²) in [6.07, 6.45) is 4.42. The Labute approximate surface area is 123 Å². The van der Waals surface area contributed by atoms with Crippen molar-refractivity contribution in [1.29, 1.82) is 0 Å². The monoisotopic (exact) mass is 298 g/mol. The van der Waals surface area contributed by atoms with E-state index in [1.165, 1.54) is 18.6 Å². The minimum absolute atomic E-state index is 0.0740. The van der Waals surface area contributed by atoms with Gasteiger partial charge in [-0.05, 0) is 38.3 Å². The molecule has 5 nitrogen and oxygen atoms in total. The standard InChI is InChI=1S/C14H19ClN2O3/c1-9-6-12(17(18)19)11(15)7-14(9)20-13-5-3-2-4-10(13)8-16/h6-7,10,13H,2-5,8,16H2,1H3. The SMILES string of the molecule is Cc1cc([N+](=O)[O-])c(Cl)cc1OC1CCCCC1CN. The number of benzene rings is 1. The van der Waals surface area contributed by atoms with E-state index in [9.17, 15) is 10.1 Å². The summed E-state index contributed by atoms with van der Waals surface area (Å²) in [4.78, 5) is 10.4. The molecule has 20 heavy (non-hydrogen) atoms. The van der Waals surface area contributed by atoms with E-state index < -0.39 is 4.92 Å². The Kier molecular flexibility index (Phi) is 4.83. The van der Waals surface area contributed by atoms with Crippen molar-refractivity contribution in [3.8, 4) is 5.75 Å². The molecule has 0 saturated heterocycles. The minimum Gasteiger partial charge on any atom is -0.490 e. The van der Waals surface area contributed by atoms with Crippen LogP contribution in [0.25, 0.3) is 0 Å². The van der Waals surface area contributed by atoms with Crippen LogP contribution in [-0.4, -0.2) is 17.6 Å². The first-order chi connectivity index (χ1) is 9.52. The molecule has 1 aliphatic carbocycles. The Balaban J connectivity index is 2.20. The third-order valence-corrected chi connectivity index (χ3v) is 4.16. The molecule has 0 radical (unpaired) electrons. The van der Waals surface area contributed by atoms with E-state index in [4.69, 9.17) is 22.1 Å². The number of ether oxygens (including phenoxy) is 1. The topological polar surface area (TPSA) is 78.4 Å². The van der Waals surface area contributed by atoms with Crippen LogP contribution >= 0.6 is 11.6 Å². The van der Waals surface area contributed by atoms with Crippen LogP contribution in [0.4, 0.5) is 5.69 Å². The molecule has 2 N–H and O–H groups in total. The fourth-order valence-electron chi connectivity index (χ4n) is 2.68. The molecule has 0 aromatic heterocycles. The third kappa shape index (κ3) is 3.22. The summed E-state index contributed by atoms with van der Waals surface area (Å²) in [6.45, 7) is 2.39. The number of nitro benzene ring substituents is 1. The highest BCUT2D eigenvalue weighted by atomic mass is 35.5. The van der Waals surface area contributed by atoms with E-state index in [2.05, 4.69) is 0 Å². The first-order valence-electron chi connectivity index (χ1n) is 6.84. The van der Waals surface area contributed by atoms with Gasteiger partial charge in [-0.25, -0.2) is 0 Å². The van der Waals surface area contributed by atoms with E-state index in [1.54, 1.807) is 6.92 Å². The molecule has 0 heterocycles. The summed E-state index contributed by atoms with van der Waals surface area (Å²) >= 11 is 5.94. The van der Waals surface area contributed by atoms with Crippen molar-refractivity contribution in [1.82, 2.24) is 0 Å². The number of nitrogens with zero attached hydrogens (tertiary/aromatic N) is 1. The van der Waals surface area contributed by atoms with Gasteiger partial charge in [0.25, 0.3) is 5.69 Å². The summed E-state index contributed by atoms with van der Waals surface area (Å²) in [6, 6.07) is 3.00. The van der Waals surface area contributed by atoms with E-state index in [0.717, 1.165) is 24.8 Å². The first kappa shape index (κ1) is 15.1. The Bertz CT molecular complexity index is 507. The van der Waals surface area contributed by atoms with Gasteiger partial charge >= 0.3 is 0 Å². The average Bonchev–Trinajstić information content (AvgIpc) is 2.42. The number of rotatable bonds is 4. The van der Waals surface area contributed by atoms with E-state index in [0.29, 0.717) is 18.2 Å². The lowest BCUT2D eigenvalue weighted by atomic mass is 9.86. The molecular weight excluding hydrogens is 280 g/mol. The molecule has 0 aliphatic heterocycles. The van der Waals surface area contributed by atoms with Crippen LogP contribution < -0.4 is 10.5 Å². The van der Waals surface area contributed by atoms with Crippen LogP contribution in [0.3, 0.4) is 0 Å². The first-order valence-corrected chi connectivity index (χ1v) is 7.22. The minimum atomic E-state index is -0.484. The fourth-order valence-corrected chi connectivity index (χ4v) is 2.90. The maximum atomic E-state index is 10.8. The molecule has 0 amide bonds. The Hall–Kier alpha value is -1.33. The van der Waals surface area contributed by atoms with Gasteiger partial charge in [-0.15, -0.1) is 0 Å². The van der Waals surface area contributed by atoms with Gasteiger partial charge in [0.1, 0.15) is 16.9 Å². The van der Waals surface area contributed by atoms with Gasteiger partial charge < -0.3 is 10.5 Å². The Morgan fingerprint density at radius 3 is 2.80 bits per heavy atom. The number of hydrogen-bond donors (Lipinski definition) is 1. The van der Waals surface area contributed by atoms with E-state index in [-0.39, 0.29) is 16.8 Å². The van der Waals surface area contributed by atoms with Crippen LogP contribution in [-0.2, 0) is 0 Å². The van der Waals surface area contributed by atoms with Crippen LogP contribution in [0.5, 0.6) is 5.75 Å². The van der Waals surface area contributed by atoms with Gasteiger partial charge in [-0.1, -0.05) is 18.0 Å². The van der Waals surface area contributed by atoms with Crippen LogP contribution in [0.1, 0.15) is 31.2 Å². The maximum Gasteiger partial charge on any atom is 0.288 e. The summed E-state index contributed by atoms with van der Waals surface area (Å²) in [5.74, 6) is 0.961. The second-order valence-electron chi connectivity index (χ2n) is 5.26. The maximum absolute atomic E-state index is 10.8. The Morgan fingerprint density at radius 1 is 1.45 bits per heavy atom. The number of hydrogen-bond acceptors (Lipinski definition) is 4. The van der Waals surface area contributed by atoms with Gasteiger partial charge in [0.05, 0.1) is 4.92 Å². The molecule has 1 aliphatic rings. The molecule has 110 valence electrons. The van der Waals surface area contributed by atoms with Gasteiger partial charge in [0.15, 0.2) is 0 Å². The zero-order chi connectivity index (χ0) is 14.7. The second kappa shape index (κ2) is 6.41. The lowest BCUT2D eigenvalue weighted by Crippen LogP contribution is -2.35. The molecule has 1 aromatic carbocycles. The highest BCUT2D eigenvalue weighted by molar-refractivity contribution is 6.32. The largest absolute Gasteiger partial charge is 0.490 e. The highest BCUT2D eigenvalue weighted by Gasteiger charge is 2.27. The molecule has 2 unspecified atom stereocenters. The quantitative estimate of drug-likeness (QED) is 0.682. The lowest BCUT2D eigenvalue weighted by molar-refractivity contribution is -0.384. The van der Waals surface area contributed by atoms with E-state index >= 15 is 0 Å². The summed E-state index contributed by atoms with van der Waals surface area (Å²) in [5.41, 5.74) is 6.42. The van der Waals surface area contributed by atoms with Crippen molar-refractivity contribution in [3.63, 3.8) is 0 Å². The molecule has 1 aromatic rings. The molecule has 0 bridgehead atoms. The normalized spacial score (nSPS) is 22.6. The van der Waals surface area contributed by atoms with Gasteiger partial charge in [0, 0.05) is 18.1 Å². The summed E-state index contributed by atoms with van der Waals surface area (Å²) < 4.78 is 6.02.